The van der Waals surface area contributed by atoms with Gasteiger partial charge in [0.25, 0.3) is 5.91 Å². The molecular formula is C13H21N3O. The molecule has 2 heterocycles. The molecule has 1 aliphatic rings. The highest BCUT2D eigenvalue weighted by atomic mass is 16.2. The van der Waals surface area contributed by atoms with Crippen molar-refractivity contribution in [1.29, 1.82) is 0 Å². The summed E-state index contributed by atoms with van der Waals surface area (Å²) in [6, 6.07) is 0. The molecule has 1 saturated heterocycles. The number of carbonyl (C=O) groups is 1. The average molecular weight is 235 g/mol. The highest BCUT2D eigenvalue weighted by Crippen LogP contribution is 2.13. The number of rotatable bonds is 2. The highest BCUT2D eigenvalue weighted by molar-refractivity contribution is 5.92. The van der Waals surface area contributed by atoms with Crippen LogP contribution in [0.1, 0.15) is 55.3 Å². The lowest BCUT2D eigenvalue weighted by molar-refractivity contribution is 0.0737. The van der Waals surface area contributed by atoms with E-state index in [9.17, 15) is 4.79 Å². The van der Waals surface area contributed by atoms with Crippen molar-refractivity contribution >= 4 is 5.91 Å². The molecule has 0 saturated carbocycles. The predicted octanol–water partition coefficient (Wildman–Crippen LogP) is 2.38. The molecule has 0 aromatic carbocycles. The van der Waals surface area contributed by atoms with Crippen LogP contribution in [-0.2, 0) is 6.42 Å². The molecule has 2 rings (SSSR count). The monoisotopic (exact) mass is 235 g/mol. The minimum atomic E-state index is 0.110. The fraction of sp³-hybridized carbons (Fsp3) is 0.692. The number of aromatic nitrogens is 2. The summed E-state index contributed by atoms with van der Waals surface area (Å²) in [4.78, 5) is 21.5. The Bertz CT molecular complexity index is 364. The van der Waals surface area contributed by atoms with Crippen LogP contribution in [0.25, 0.3) is 0 Å². The van der Waals surface area contributed by atoms with Crippen LogP contribution in [0.3, 0.4) is 0 Å². The van der Waals surface area contributed by atoms with Crippen LogP contribution >= 0.6 is 0 Å². The Kier molecular flexibility index (Phi) is 4.18. The van der Waals surface area contributed by atoms with E-state index < -0.39 is 0 Å². The first-order chi connectivity index (χ1) is 8.31. The zero-order valence-corrected chi connectivity index (χ0v) is 10.5. The first-order valence-corrected chi connectivity index (χ1v) is 6.64. The molecule has 0 bridgehead atoms. The largest absolute Gasteiger partial charge is 0.338 e. The summed E-state index contributed by atoms with van der Waals surface area (Å²) in [6.45, 7) is 3.81. The average Bonchev–Trinajstić information content (AvgIpc) is 2.76. The molecule has 1 N–H and O–H groups in total. The lowest BCUT2D eigenvalue weighted by atomic mass is 10.1. The summed E-state index contributed by atoms with van der Waals surface area (Å²) in [5.74, 6) is 1.000. The van der Waals surface area contributed by atoms with Crippen molar-refractivity contribution in [2.45, 2.75) is 45.4 Å². The number of nitrogens with one attached hydrogen (secondary N) is 1. The van der Waals surface area contributed by atoms with Gasteiger partial charge in [-0.3, -0.25) is 4.79 Å². The van der Waals surface area contributed by atoms with Gasteiger partial charge in [-0.15, -0.1) is 0 Å². The summed E-state index contributed by atoms with van der Waals surface area (Å²) >= 11 is 0. The van der Waals surface area contributed by atoms with Gasteiger partial charge in [-0.05, 0) is 12.8 Å². The van der Waals surface area contributed by atoms with Crippen LogP contribution < -0.4 is 0 Å². The minimum absolute atomic E-state index is 0.110. The zero-order valence-electron chi connectivity index (χ0n) is 10.5. The van der Waals surface area contributed by atoms with E-state index in [0.29, 0.717) is 5.69 Å². The van der Waals surface area contributed by atoms with E-state index in [4.69, 9.17) is 0 Å². The number of amides is 1. The van der Waals surface area contributed by atoms with Crippen LogP contribution in [-0.4, -0.2) is 33.9 Å². The van der Waals surface area contributed by atoms with Gasteiger partial charge in [0.05, 0.1) is 6.20 Å². The Morgan fingerprint density at radius 1 is 1.29 bits per heavy atom. The highest BCUT2D eigenvalue weighted by Gasteiger charge is 2.18. The lowest BCUT2D eigenvalue weighted by Crippen LogP contribution is -2.34. The summed E-state index contributed by atoms with van der Waals surface area (Å²) in [5.41, 5.74) is 0.641. The summed E-state index contributed by atoms with van der Waals surface area (Å²) < 4.78 is 0. The van der Waals surface area contributed by atoms with Gasteiger partial charge < -0.3 is 9.88 Å². The topological polar surface area (TPSA) is 49.0 Å². The van der Waals surface area contributed by atoms with Crippen LogP contribution in [0.15, 0.2) is 6.20 Å². The Hall–Kier alpha value is -1.32. The summed E-state index contributed by atoms with van der Waals surface area (Å²) in [7, 11) is 0. The second kappa shape index (κ2) is 5.84. The number of aromatic amines is 1. The normalized spacial score (nSPS) is 17.6. The number of hydrogen-bond acceptors (Lipinski definition) is 2. The first-order valence-electron chi connectivity index (χ1n) is 6.64. The fourth-order valence-corrected chi connectivity index (χ4v) is 2.27. The van der Waals surface area contributed by atoms with E-state index in [2.05, 4.69) is 9.97 Å². The fourth-order valence-electron chi connectivity index (χ4n) is 2.27. The minimum Gasteiger partial charge on any atom is -0.338 e. The Morgan fingerprint density at radius 3 is 2.53 bits per heavy atom. The van der Waals surface area contributed by atoms with Crippen LogP contribution in [0.2, 0.25) is 0 Å². The number of hydrogen-bond donors (Lipinski definition) is 1. The van der Waals surface area contributed by atoms with Crippen molar-refractivity contribution in [2.75, 3.05) is 13.1 Å². The van der Waals surface area contributed by atoms with Crippen LogP contribution in [0, 0.1) is 0 Å². The molecule has 0 spiro atoms. The Labute approximate surface area is 102 Å². The second-order valence-electron chi connectivity index (χ2n) is 4.66. The van der Waals surface area contributed by atoms with Crippen molar-refractivity contribution in [1.82, 2.24) is 14.9 Å². The van der Waals surface area contributed by atoms with Gasteiger partial charge in [0, 0.05) is 19.5 Å². The maximum atomic E-state index is 12.2. The number of imidazole rings is 1. The third-order valence-electron chi connectivity index (χ3n) is 3.34. The molecule has 1 aromatic heterocycles. The lowest BCUT2D eigenvalue weighted by Gasteiger charge is -2.24. The van der Waals surface area contributed by atoms with Gasteiger partial charge in [-0.2, -0.15) is 0 Å². The molecule has 1 aliphatic heterocycles. The van der Waals surface area contributed by atoms with E-state index in [1.165, 1.54) is 19.3 Å². The quantitative estimate of drug-likeness (QED) is 0.855. The Balaban J connectivity index is 2.01. The first kappa shape index (κ1) is 12.1. The van der Waals surface area contributed by atoms with Crippen molar-refractivity contribution in [3.63, 3.8) is 0 Å². The second-order valence-corrected chi connectivity index (χ2v) is 4.66. The van der Waals surface area contributed by atoms with E-state index in [0.717, 1.165) is 38.2 Å². The molecule has 94 valence electrons. The van der Waals surface area contributed by atoms with E-state index in [-0.39, 0.29) is 5.91 Å². The molecule has 1 fully saturated rings. The van der Waals surface area contributed by atoms with Crippen molar-refractivity contribution < 1.29 is 4.79 Å². The molecule has 4 heteroatoms. The maximum absolute atomic E-state index is 12.2. The summed E-state index contributed by atoms with van der Waals surface area (Å²) in [5, 5.41) is 0. The smallest absolute Gasteiger partial charge is 0.271 e. The molecule has 4 nitrogen and oxygen atoms in total. The van der Waals surface area contributed by atoms with E-state index in [1.807, 2.05) is 11.8 Å². The third-order valence-corrected chi connectivity index (χ3v) is 3.34. The van der Waals surface area contributed by atoms with Gasteiger partial charge in [-0.1, -0.05) is 26.2 Å². The SMILES string of the molecule is CCc1ncc(C(=O)N2CCCCCCC2)[nH]1. The summed E-state index contributed by atoms with van der Waals surface area (Å²) in [6.07, 6.45) is 8.56. The number of H-pyrrole nitrogens is 1. The molecule has 0 radical (unpaired) electrons. The molecule has 0 aliphatic carbocycles. The Morgan fingerprint density at radius 2 is 1.94 bits per heavy atom. The van der Waals surface area contributed by atoms with Crippen molar-refractivity contribution in [2.24, 2.45) is 0 Å². The third kappa shape index (κ3) is 3.08. The number of carbonyl (C=O) groups excluding carboxylic acids is 1. The van der Waals surface area contributed by atoms with E-state index >= 15 is 0 Å². The van der Waals surface area contributed by atoms with Crippen molar-refractivity contribution in [3.05, 3.63) is 17.7 Å². The molecule has 0 unspecified atom stereocenters. The molecular weight excluding hydrogens is 214 g/mol. The predicted molar refractivity (Wildman–Crippen MR) is 67.0 cm³/mol. The number of nitrogens with zero attached hydrogens (tertiary/aromatic N) is 2. The molecule has 1 amide bonds. The van der Waals surface area contributed by atoms with Gasteiger partial charge in [-0.25, -0.2) is 4.98 Å². The standard InChI is InChI=1S/C13H21N3O/c1-2-12-14-10-11(15-12)13(17)16-8-6-4-3-5-7-9-16/h10H,2-9H2,1H3,(H,14,15). The van der Waals surface area contributed by atoms with Gasteiger partial charge in [0.2, 0.25) is 0 Å². The zero-order chi connectivity index (χ0) is 12.1. The van der Waals surface area contributed by atoms with Gasteiger partial charge in [0.1, 0.15) is 11.5 Å². The van der Waals surface area contributed by atoms with Crippen LogP contribution in [0.4, 0.5) is 0 Å². The van der Waals surface area contributed by atoms with Crippen LogP contribution in [0.5, 0.6) is 0 Å². The molecule has 0 atom stereocenters. The van der Waals surface area contributed by atoms with Gasteiger partial charge in [0.15, 0.2) is 0 Å². The number of aryl methyl sites for hydroxylation is 1. The maximum Gasteiger partial charge on any atom is 0.271 e. The molecule has 17 heavy (non-hydrogen) atoms. The van der Waals surface area contributed by atoms with E-state index in [1.54, 1.807) is 6.20 Å². The van der Waals surface area contributed by atoms with Crippen molar-refractivity contribution in [3.8, 4) is 0 Å². The molecule has 1 aromatic rings. The number of likely N-dealkylation sites (tertiary alicyclic amines) is 1. The van der Waals surface area contributed by atoms with Gasteiger partial charge >= 0.3 is 0 Å².